The molecule has 0 bridgehead atoms. The molecule has 0 spiro atoms. The second-order valence-electron chi connectivity index (χ2n) is 9.36. The zero-order valence-electron chi connectivity index (χ0n) is 21.0. The largest absolute Gasteiger partial charge is 0.485 e. The molecule has 0 aliphatic carbocycles. The van der Waals surface area contributed by atoms with E-state index in [9.17, 15) is 9.90 Å². The third-order valence-corrected chi connectivity index (χ3v) is 6.78. The van der Waals surface area contributed by atoms with E-state index in [-0.39, 0.29) is 6.10 Å². The minimum absolute atomic E-state index is 0.0404. The highest BCUT2D eigenvalue weighted by Gasteiger charge is 2.23. The van der Waals surface area contributed by atoms with Crippen molar-refractivity contribution in [2.45, 2.75) is 45.8 Å². The van der Waals surface area contributed by atoms with Crippen LogP contribution in [0.5, 0.6) is 11.6 Å². The van der Waals surface area contributed by atoms with E-state index < -0.39 is 11.9 Å². The Morgan fingerprint density at radius 1 is 1.23 bits per heavy atom. The van der Waals surface area contributed by atoms with E-state index in [0.717, 1.165) is 53.9 Å². The lowest BCUT2D eigenvalue weighted by molar-refractivity contribution is -0.141. The number of aryl methyl sites for hydroxylation is 1. The summed E-state index contributed by atoms with van der Waals surface area (Å²) in [4.78, 5) is 17.8. The number of hydrogen-bond acceptors (Lipinski definition) is 5. The number of benzene rings is 2. The van der Waals surface area contributed by atoms with E-state index in [0.29, 0.717) is 12.3 Å². The van der Waals surface area contributed by atoms with Gasteiger partial charge < -0.3 is 19.5 Å². The van der Waals surface area contributed by atoms with Gasteiger partial charge in [-0.2, -0.15) is 0 Å². The summed E-state index contributed by atoms with van der Waals surface area (Å²) in [5.41, 5.74) is 6.81. The first-order valence-electron chi connectivity index (χ1n) is 12.2. The third kappa shape index (κ3) is 5.82. The van der Waals surface area contributed by atoms with Crippen LogP contribution in [0.25, 0.3) is 11.1 Å². The normalized spacial score (nSPS) is 15.9. The van der Waals surface area contributed by atoms with Crippen LogP contribution >= 0.6 is 0 Å². The van der Waals surface area contributed by atoms with Crippen molar-refractivity contribution in [3.8, 4) is 22.8 Å². The molecule has 184 valence electrons. The molecular formula is C29H34N2O4. The van der Waals surface area contributed by atoms with Crippen molar-refractivity contribution in [2.75, 3.05) is 20.7 Å². The Morgan fingerprint density at radius 2 is 2.06 bits per heavy atom. The molecule has 1 aromatic heterocycles. The van der Waals surface area contributed by atoms with Crippen LogP contribution in [0.2, 0.25) is 0 Å². The maximum absolute atomic E-state index is 11.3. The quantitative estimate of drug-likeness (QED) is 0.439. The number of hydrogen-bond donors (Lipinski definition) is 1. The van der Waals surface area contributed by atoms with Crippen LogP contribution in [0.1, 0.15) is 48.6 Å². The summed E-state index contributed by atoms with van der Waals surface area (Å²) in [7, 11) is 3.75. The predicted molar refractivity (Wildman–Crippen MR) is 137 cm³/mol. The average molecular weight is 475 g/mol. The molecule has 2 atom stereocenters. The summed E-state index contributed by atoms with van der Waals surface area (Å²) < 4.78 is 11.8. The van der Waals surface area contributed by atoms with Crippen LogP contribution in [-0.4, -0.2) is 41.7 Å². The van der Waals surface area contributed by atoms with Crippen LogP contribution in [0.4, 0.5) is 0 Å². The zero-order valence-corrected chi connectivity index (χ0v) is 21.0. The minimum Gasteiger partial charge on any atom is -0.485 e. The Kier molecular flexibility index (Phi) is 7.71. The van der Waals surface area contributed by atoms with Gasteiger partial charge in [0.1, 0.15) is 11.9 Å². The van der Waals surface area contributed by atoms with Gasteiger partial charge in [0.25, 0.3) is 0 Å². The Hall–Kier alpha value is -3.38. The minimum atomic E-state index is -0.780. The molecular weight excluding hydrogens is 440 g/mol. The van der Waals surface area contributed by atoms with Crippen molar-refractivity contribution < 1.29 is 19.4 Å². The molecule has 1 N–H and O–H groups in total. The monoisotopic (exact) mass is 474 g/mol. The number of pyridine rings is 1. The first-order valence-corrected chi connectivity index (χ1v) is 12.2. The maximum atomic E-state index is 11.3. The molecule has 4 rings (SSSR count). The summed E-state index contributed by atoms with van der Waals surface area (Å²) in [6.45, 7) is 5.67. The van der Waals surface area contributed by atoms with Crippen LogP contribution in [0.15, 0.2) is 54.7 Å². The SMILES string of the molecule is CCN(C)Cc1cc([C@@H]2CCc3ccc(CC(C)C(=O)O)cc3O2)ccc1-c1ccnc(OC)c1. The van der Waals surface area contributed by atoms with Gasteiger partial charge >= 0.3 is 5.97 Å². The number of carboxylic acids is 1. The second kappa shape index (κ2) is 10.9. The van der Waals surface area contributed by atoms with Gasteiger partial charge in [-0.3, -0.25) is 4.79 Å². The van der Waals surface area contributed by atoms with Crippen molar-refractivity contribution in [3.63, 3.8) is 0 Å². The van der Waals surface area contributed by atoms with E-state index in [1.54, 1.807) is 20.2 Å². The van der Waals surface area contributed by atoms with E-state index in [2.05, 4.69) is 48.1 Å². The van der Waals surface area contributed by atoms with Gasteiger partial charge in [-0.25, -0.2) is 4.98 Å². The van der Waals surface area contributed by atoms with Gasteiger partial charge in [0.15, 0.2) is 0 Å². The van der Waals surface area contributed by atoms with Gasteiger partial charge in [0.2, 0.25) is 5.88 Å². The van der Waals surface area contributed by atoms with E-state index in [1.165, 1.54) is 11.1 Å². The highest BCUT2D eigenvalue weighted by atomic mass is 16.5. The fourth-order valence-electron chi connectivity index (χ4n) is 4.53. The number of rotatable bonds is 9. The van der Waals surface area contributed by atoms with Gasteiger partial charge in [-0.05, 0) is 78.4 Å². The number of ether oxygens (including phenoxy) is 2. The molecule has 2 aromatic carbocycles. The number of fused-ring (bicyclic) bond motifs is 1. The standard InChI is InChI=1S/C29H34N2O4/c1-5-31(3)18-24-16-23(8-10-25(24)22-12-13-30-28(17-22)34-4)26-11-9-21-7-6-20(15-27(21)35-26)14-19(2)29(32)33/h6-8,10,12-13,15-17,19,26H,5,9,11,14,18H2,1-4H3,(H,32,33)/t19?,26-/m0/s1. The molecule has 6 nitrogen and oxygen atoms in total. The van der Waals surface area contributed by atoms with Crippen molar-refractivity contribution in [2.24, 2.45) is 5.92 Å². The Balaban J connectivity index is 1.62. The summed E-state index contributed by atoms with van der Waals surface area (Å²) >= 11 is 0. The molecule has 3 aromatic rings. The molecule has 0 saturated carbocycles. The summed E-state index contributed by atoms with van der Waals surface area (Å²) in [6.07, 6.45) is 4.07. The second-order valence-corrected chi connectivity index (χ2v) is 9.36. The molecule has 1 unspecified atom stereocenters. The van der Waals surface area contributed by atoms with Crippen LogP contribution in [0, 0.1) is 5.92 Å². The fourth-order valence-corrected chi connectivity index (χ4v) is 4.53. The molecule has 0 amide bonds. The molecule has 2 heterocycles. The number of carbonyl (C=O) groups is 1. The summed E-state index contributed by atoms with van der Waals surface area (Å²) in [6, 6.07) is 16.7. The molecule has 6 heteroatoms. The van der Waals surface area contributed by atoms with Crippen LogP contribution in [0.3, 0.4) is 0 Å². The van der Waals surface area contributed by atoms with Crippen molar-refractivity contribution in [3.05, 3.63) is 77.0 Å². The van der Waals surface area contributed by atoms with Gasteiger partial charge in [0.05, 0.1) is 13.0 Å². The number of methoxy groups -OCH3 is 1. The van der Waals surface area contributed by atoms with Crippen molar-refractivity contribution in [1.82, 2.24) is 9.88 Å². The third-order valence-electron chi connectivity index (χ3n) is 6.78. The van der Waals surface area contributed by atoms with Gasteiger partial charge in [-0.15, -0.1) is 0 Å². The van der Waals surface area contributed by atoms with Gasteiger partial charge in [0, 0.05) is 18.8 Å². The highest BCUT2D eigenvalue weighted by Crippen LogP contribution is 2.38. The number of aliphatic carboxylic acids is 1. The predicted octanol–water partition coefficient (Wildman–Crippen LogP) is 5.54. The lowest BCUT2D eigenvalue weighted by atomic mass is 9.91. The first-order chi connectivity index (χ1) is 16.9. The van der Waals surface area contributed by atoms with Crippen molar-refractivity contribution in [1.29, 1.82) is 0 Å². The lowest BCUT2D eigenvalue weighted by Crippen LogP contribution is -2.19. The Bertz CT molecular complexity index is 1190. The number of nitrogens with zero attached hydrogens (tertiary/aromatic N) is 2. The molecule has 0 saturated heterocycles. The molecule has 0 radical (unpaired) electrons. The van der Waals surface area contributed by atoms with E-state index in [4.69, 9.17) is 9.47 Å². The summed E-state index contributed by atoms with van der Waals surface area (Å²) in [5, 5.41) is 9.27. The molecule has 35 heavy (non-hydrogen) atoms. The molecule has 0 fully saturated rings. The first kappa shape index (κ1) is 24.7. The zero-order chi connectivity index (χ0) is 24.9. The van der Waals surface area contributed by atoms with Crippen LogP contribution in [-0.2, 0) is 24.2 Å². The average Bonchev–Trinajstić information content (AvgIpc) is 2.88. The Morgan fingerprint density at radius 3 is 2.80 bits per heavy atom. The smallest absolute Gasteiger partial charge is 0.306 e. The van der Waals surface area contributed by atoms with Gasteiger partial charge in [-0.1, -0.05) is 44.2 Å². The lowest BCUT2D eigenvalue weighted by Gasteiger charge is -2.28. The van der Waals surface area contributed by atoms with Crippen molar-refractivity contribution >= 4 is 5.97 Å². The number of aromatic nitrogens is 1. The summed E-state index contributed by atoms with van der Waals surface area (Å²) in [5.74, 6) is 0.260. The van der Waals surface area contributed by atoms with E-state index >= 15 is 0 Å². The molecule has 1 aliphatic heterocycles. The van der Waals surface area contributed by atoms with Crippen LogP contribution < -0.4 is 9.47 Å². The topological polar surface area (TPSA) is 71.9 Å². The number of carboxylic acid groups (broad SMARTS) is 1. The van der Waals surface area contributed by atoms with E-state index in [1.807, 2.05) is 24.3 Å². The Labute approximate surface area is 207 Å². The molecule has 1 aliphatic rings. The maximum Gasteiger partial charge on any atom is 0.306 e. The highest BCUT2D eigenvalue weighted by molar-refractivity contribution is 5.70. The fraction of sp³-hybridized carbons (Fsp3) is 0.379.